The van der Waals surface area contributed by atoms with Gasteiger partial charge in [0.2, 0.25) is 0 Å². The lowest BCUT2D eigenvalue weighted by molar-refractivity contribution is -0.128. The summed E-state index contributed by atoms with van der Waals surface area (Å²) in [6, 6.07) is 15.2. The van der Waals surface area contributed by atoms with Crippen molar-refractivity contribution in [2.24, 2.45) is 0 Å². The lowest BCUT2D eigenvalue weighted by atomic mass is 10.0. The van der Waals surface area contributed by atoms with Crippen molar-refractivity contribution >= 4 is 12.0 Å². The van der Waals surface area contributed by atoms with E-state index in [4.69, 9.17) is 9.47 Å². The molecule has 0 aliphatic carbocycles. The summed E-state index contributed by atoms with van der Waals surface area (Å²) in [5, 5.41) is 0. The molecule has 0 atom stereocenters. The zero-order chi connectivity index (χ0) is 16.7. The Labute approximate surface area is 137 Å². The van der Waals surface area contributed by atoms with Crippen LogP contribution in [0, 0.1) is 0 Å². The smallest absolute Gasteiger partial charge is 0.336 e. The first kappa shape index (κ1) is 16.8. The lowest BCUT2D eigenvalue weighted by Crippen LogP contribution is -2.06. The average molecular weight is 310 g/mol. The number of ether oxygens (including phenoxy) is 2. The largest absolute Gasteiger partial charge is 0.493 e. The number of esters is 1. The van der Waals surface area contributed by atoms with Crippen LogP contribution >= 0.6 is 0 Å². The molecule has 3 heteroatoms. The van der Waals surface area contributed by atoms with Gasteiger partial charge in [-0.25, -0.2) is 4.79 Å². The van der Waals surface area contributed by atoms with Crippen LogP contribution in [-0.2, 0) is 4.79 Å². The van der Waals surface area contributed by atoms with Crippen LogP contribution in [0.3, 0.4) is 0 Å². The second-order valence-corrected chi connectivity index (χ2v) is 5.42. The van der Waals surface area contributed by atoms with Crippen LogP contribution in [0.25, 0.3) is 6.08 Å². The van der Waals surface area contributed by atoms with E-state index < -0.39 is 5.97 Å². The summed E-state index contributed by atoms with van der Waals surface area (Å²) in [7, 11) is 0. The van der Waals surface area contributed by atoms with Gasteiger partial charge in [0.1, 0.15) is 11.5 Å². The average Bonchev–Trinajstić information content (AvgIpc) is 2.54. The third-order valence-corrected chi connectivity index (χ3v) is 3.37. The molecule has 0 aliphatic rings. The molecule has 0 aromatic heterocycles. The second kappa shape index (κ2) is 8.18. The van der Waals surface area contributed by atoms with Gasteiger partial charge in [-0.1, -0.05) is 50.2 Å². The molecule has 0 saturated carbocycles. The number of rotatable bonds is 6. The highest BCUT2D eigenvalue weighted by Crippen LogP contribution is 2.26. The van der Waals surface area contributed by atoms with E-state index in [1.165, 1.54) is 6.08 Å². The second-order valence-electron chi connectivity index (χ2n) is 5.42. The Hall–Kier alpha value is -2.55. The van der Waals surface area contributed by atoms with Gasteiger partial charge < -0.3 is 9.47 Å². The Bertz CT molecular complexity index is 687. The Kier molecular flexibility index (Phi) is 5.98. The minimum Gasteiger partial charge on any atom is -0.493 e. The van der Waals surface area contributed by atoms with E-state index in [9.17, 15) is 4.79 Å². The molecule has 0 radical (unpaired) electrons. The third-order valence-electron chi connectivity index (χ3n) is 3.37. The predicted octanol–water partition coefficient (Wildman–Crippen LogP) is 4.83. The van der Waals surface area contributed by atoms with Crippen molar-refractivity contribution in [3.8, 4) is 11.5 Å². The quantitative estimate of drug-likeness (QED) is 0.435. The normalized spacial score (nSPS) is 11.0. The highest BCUT2D eigenvalue weighted by Gasteiger charge is 2.09. The molecule has 2 rings (SSSR count). The fourth-order valence-electron chi connectivity index (χ4n) is 2.26. The van der Waals surface area contributed by atoms with Crippen LogP contribution in [0.15, 0.2) is 54.6 Å². The van der Waals surface area contributed by atoms with E-state index in [0.29, 0.717) is 18.3 Å². The molecule has 23 heavy (non-hydrogen) atoms. The van der Waals surface area contributed by atoms with Crippen molar-refractivity contribution < 1.29 is 14.3 Å². The zero-order valence-corrected chi connectivity index (χ0v) is 13.8. The molecule has 2 aromatic carbocycles. The maximum atomic E-state index is 12.1. The van der Waals surface area contributed by atoms with Gasteiger partial charge in [-0.3, -0.25) is 0 Å². The van der Waals surface area contributed by atoms with Crippen molar-refractivity contribution in [3.63, 3.8) is 0 Å². The zero-order valence-electron chi connectivity index (χ0n) is 13.8. The highest BCUT2D eigenvalue weighted by atomic mass is 16.5. The Morgan fingerprint density at radius 2 is 1.70 bits per heavy atom. The monoisotopic (exact) mass is 310 g/mol. The molecule has 2 aromatic rings. The van der Waals surface area contributed by atoms with Crippen LogP contribution in [0.4, 0.5) is 0 Å². The Balaban J connectivity index is 2.11. The van der Waals surface area contributed by atoms with Crippen molar-refractivity contribution in [2.75, 3.05) is 6.61 Å². The fraction of sp³-hybridized carbons (Fsp3) is 0.250. The van der Waals surface area contributed by atoms with Crippen LogP contribution in [0.1, 0.15) is 37.8 Å². The van der Waals surface area contributed by atoms with Crippen LogP contribution in [-0.4, -0.2) is 12.6 Å². The van der Waals surface area contributed by atoms with Crippen LogP contribution in [0.5, 0.6) is 11.5 Å². The predicted molar refractivity (Wildman–Crippen MR) is 92.8 cm³/mol. The number of hydrogen-bond acceptors (Lipinski definition) is 3. The summed E-state index contributed by atoms with van der Waals surface area (Å²) in [5.74, 6) is 1.25. The van der Waals surface area contributed by atoms with E-state index in [1.807, 2.05) is 55.5 Å². The van der Waals surface area contributed by atoms with Crippen molar-refractivity contribution in [1.82, 2.24) is 0 Å². The van der Waals surface area contributed by atoms with E-state index in [-0.39, 0.29) is 0 Å². The highest BCUT2D eigenvalue weighted by molar-refractivity contribution is 5.89. The van der Waals surface area contributed by atoms with Crippen molar-refractivity contribution in [1.29, 1.82) is 0 Å². The van der Waals surface area contributed by atoms with Gasteiger partial charge in [0.15, 0.2) is 0 Å². The molecular weight excluding hydrogens is 288 g/mol. The number of benzene rings is 2. The molecule has 0 unspecified atom stereocenters. The molecule has 0 heterocycles. The molecule has 120 valence electrons. The van der Waals surface area contributed by atoms with Crippen LogP contribution < -0.4 is 9.47 Å². The van der Waals surface area contributed by atoms with Gasteiger partial charge in [-0.15, -0.1) is 0 Å². The lowest BCUT2D eigenvalue weighted by Gasteiger charge is -2.11. The Morgan fingerprint density at radius 3 is 2.39 bits per heavy atom. The van der Waals surface area contributed by atoms with Gasteiger partial charge in [-0.2, -0.15) is 0 Å². The van der Waals surface area contributed by atoms with Gasteiger partial charge in [0, 0.05) is 11.6 Å². The maximum Gasteiger partial charge on any atom is 0.336 e. The SMILES string of the molecule is CCOc1ccccc1/C=C/C(=O)Oc1ccccc1C(C)C. The third kappa shape index (κ3) is 4.71. The molecule has 0 bridgehead atoms. The molecule has 0 amide bonds. The first-order chi connectivity index (χ1) is 11.1. The van der Waals surface area contributed by atoms with Gasteiger partial charge in [0.05, 0.1) is 6.61 Å². The summed E-state index contributed by atoms with van der Waals surface area (Å²) in [6.45, 7) is 6.65. The summed E-state index contributed by atoms with van der Waals surface area (Å²) >= 11 is 0. The molecule has 0 N–H and O–H groups in total. The van der Waals surface area contributed by atoms with Crippen molar-refractivity contribution in [3.05, 3.63) is 65.7 Å². The van der Waals surface area contributed by atoms with Gasteiger partial charge >= 0.3 is 5.97 Å². The summed E-state index contributed by atoms with van der Waals surface area (Å²) < 4.78 is 11.0. The topological polar surface area (TPSA) is 35.5 Å². The summed E-state index contributed by atoms with van der Waals surface area (Å²) in [5.41, 5.74) is 1.87. The van der Waals surface area contributed by atoms with Crippen LogP contribution in [0.2, 0.25) is 0 Å². The van der Waals surface area contributed by atoms with E-state index in [1.54, 1.807) is 6.08 Å². The number of carbonyl (C=O) groups is 1. The van der Waals surface area contributed by atoms with Gasteiger partial charge in [0.25, 0.3) is 0 Å². The number of para-hydroxylation sites is 2. The molecule has 3 nitrogen and oxygen atoms in total. The standard InChI is InChI=1S/C20H22O3/c1-4-22-18-11-7-5-9-16(18)13-14-20(21)23-19-12-8-6-10-17(19)15(2)3/h5-15H,4H2,1-3H3/b14-13+. The van der Waals surface area contributed by atoms with E-state index in [0.717, 1.165) is 16.9 Å². The first-order valence-electron chi connectivity index (χ1n) is 7.82. The maximum absolute atomic E-state index is 12.1. The number of hydrogen-bond donors (Lipinski definition) is 0. The Morgan fingerprint density at radius 1 is 1.04 bits per heavy atom. The minimum absolute atomic E-state index is 0.293. The molecule has 0 fully saturated rings. The fourth-order valence-corrected chi connectivity index (χ4v) is 2.26. The van der Waals surface area contributed by atoms with E-state index in [2.05, 4.69) is 13.8 Å². The molecular formula is C20H22O3. The van der Waals surface area contributed by atoms with Gasteiger partial charge in [-0.05, 0) is 36.6 Å². The summed E-state index contributed by atoms with van der Waals surface area (Å²) in [6.07, 6.45) is 3.14. The summed E-state index contributed by atoms with van der Waals surface area (Å²) in [4.78, 5) is 12.1. The number of carbonyl (C=O) groups excluding carboxylic acids is 1. The molecule has 0 saturated heterocycles. The minimum atomic E-state index is -0.399. The first-order valence-corrected chi connectivity index (χ1v) is 7.82. The molecule has 0 aliphatic heterocycles. The molecule has 0 spiro atoms. The van der Waals surface area contributed by atoms with E-state index >= 15 is 0 Å². The van der Waals surface area contributed by atoms with Crippen molar-refractivity contribution in [2.45, 2.75) is 26.7 Å².